The van der Waals surface area contributed by atoms with Gasteiger partial charge in [-0.15, -0.1) is 0 Å². The van der Waals surface area contributed by atoms with Crippen molar-refractivity contribution in [3.63, 3.8) is 0 Å². The fourth-order valence-electron chi connectivity index (χ4n) is 3.53. The van der Waals surface area contributed by atoms with Gasteiger partial charge in [0, 0.05) is 12.6 Å². The minimum absolute atomic E-state index is 0.0750. The third kappa shape index (κ3) is 6.51. The smallest absolute Gasteiger partial charge is 0.241 e. The zero-order valence-corrected chi connectivity index (χ0v) is 18.2. The minimum Gasteiger partial charge on any atom is -0.497 e. The van der Waals surface area contributed by atoms with E-state index in [4.69, 9.17) is 9.47 Å². The molecular weight excluding hydrogens is 420 g/mol. The van der Waals surface area contributed by atoms with Gasteiger partial charge in [-0.05, 0) is 30.5 Å². The molecule has 8 nitrogen and oxygen atoms in total. The van der Waals surface area contributed by atoms with Crippen molar-refractivity contribution in [2.75, 3.05) is 13.7 Å². The molecule has 2 aromatic carbocycles. The van der Waals surface area contributed by atoms with Crippen molar-refractivity contribution in [2.45, 2.75) is 49.0 Å². The summed E-state index contributed by atoms with van der Waals surface area (Å²) in [6.07, 6.45) is -0.0174. The summed E-state index contributed by atoms with van der Waals surface area (Å²) in [5.74, 6) is 0.281. The Morgan fingerprint density at radius 1 is 1.16 bits per heavy atom. The predicted octanol–water partition coefficient (Wildman–Crippen LogP) is 1.59. The van der Waals surface area contributed by atoms with Gasteiger partial charge in [-0.3, -0.25) is 4.79 Å². The van der Waals surface area contributed by atoms with Gasteiger partial charge in [0.1, 0.15) is 5.75 Å². The van der Waals surface area contributed by atoms with Gasteiger partial charge in [-0.25, -0.2) is 13.1 Å². The van der Waals surface area contributed by atoms with Gasteiger partial charge < -0.3 is 19.9 Å². The van der Waals surface area contributed by atoms with Crippen LogP contribution < -0.4 is 14.8 Å². The number of rotatable bonds is 9. The number of sulfonamides is 1. The van der Waals surface area contributed by atoms with Crippen LogP contribution in [-0.4, -0.2) is 51.4 Å². The van der Waals surface area contributed by atoms with Crippen LogP contribution >= 0.6 is 0 Å². The highest BCUT2D eigenvalue weighted by Gasteiger charge is 2.34. The summed E-state index contributed by atoms with van der Waals surface area (Å²) in [6, 6.07) is 15.2. The second-order valence-electron chi connectivity index (χ2n) is 7.43. The zero-order valence-electron chi connectivity index (χ0n) is 17.4. The highest BCUT2D eigenvalue weighted by Crippen LogP contribution is 2.24. The molecule has 0 spiro atoms. The van der Waals surface area contributed by atoms with Gasteiger partial charge in [0.2, 0.25) is 15.9 Å². The fourth-order valence-corrected chi connectivity index (χ4v) is 4.86. The maximum absolute atomic E-state index is 12.7. The average molecular weight is 449 g/mol. The molecule has 1 aliphatic rings. The maximum atomic E-state index is 12.7. The topological polar surface area (TPSA) is 114 Å². The van der Waals surface area contributed by atoms with E-state index >= 15 is 0 Å². The van der Waals surface area contributed by atoms with E-state index in [9.17, 15) is 18.3 Å². The number of hydrogen-bond donors (Lipinski definition) is 3. The monoisotopic (exact) mass is 448 g/mol. The van der Waals surface area contributed by atoms with E-state index in [0.717, 1.165) is 5.56 Å². The Morgan fingerprint density at radius 3 is 2.65 bits per heavy atom. The lowest BCUT2D eigenvalue weighted by Crippen LogP contribution is -2.51. The van der Waals surface area contributed by atoms with Crippen LogP contribution in [0, 0.1) is 0 Å². The second kappa shape index (κ2) is 10.7. The molecule has 0 bridgehead atoms. The van der Waals surface area contributed by atoms with Crippen LogP contribution in [-0.2, 0) is 26.1 Å². The van der Waals surface area contributed by atoms with Crippen molar-refractivity contribution in [3.05, 3.63) is 60.2 Å². The molecule has 0 unspecified atom stereocenters. The third-order valence-corrected chi connectivity index (χ3v) is 6.69. The van der Waals surface area contributed by atoms with Gasteiger partial charge in [0.25, 0.3) is 0 Å². The standard InChI is InChI=1S/C22H28N2O6S/c1-29-17-8-5-9-19(12-17)31(27,28)24-20-11-10-18(30-21(20)15-25)13-22(26)23-14-16-6-3-2-4-7-16/h2-9,12,18,20-21,24-25H,10-11,13-15H2,1H3,(H,23,26)/t18-,20+,21-/m0/s1. The number of ether oxygens (including phenoxy) is 2. The zero-order chi connectivity index (χ0) is 22.3. The second-order valence-corrected chi connectivity index (χ2v) is 9.14. The number of nitrogens with one attached hydrogen (secondary N) is 2. The molecule has 0 radical (unpaired) electrons. The summed E-state index contributed by atoms with van der Waals surface area (Å²) in [4.78, 5) is 12.3. The van der Waals surface area contributed by atoms with Crippen LogP contribution in [0.5, 0.6) is 5.75 Å². The predicted molar refractivity (Wildman–Crippen MR) is 115 cm³/mol. The van der Waals surface area contributed by atoms with E-state index in [1.807, 2.05) is 30.3 Å². The first-order valence-electron chi connectivity index (χ1n) is 10.1. The Hall–Kier alpha value is -2.46. The Kier molecular flexibility index (Phi) is 8.03. The molecule has 0 saturated carbocycles. The van der Waals surface area contributed by atoms with E-state index in [-0.39, 0.29) is 29.9 Å². The van der Waals surface area contributed by atoms with E-state index in [0.29, 0.717) is 25.1 Å². The van der Waals surface area contributed by atoms with E-state index in [1.54, 1.807) is 12.1 Å². The first kappa shape index (κ1) is 23.2. The van der Waals surface area contributed by atoms with E-state index in [1.165, 1.54) is 19.2 Å². The molecule has 168 valence electrons. The molecule has 9 heteroatoms. The van der Waals surface area contributed by atoms with Crippen LogP contribution in [0.3, 0.4) is 0 Å². The van der Waals surface area contributed by atoms with Crippen molar-refractivity contribution in [2.24, 2.45) is 0 Å². The summed E-state index contributed by atoms with van der Waals surface area (Å²) >= 11 is 0. The van der Waals surface area contributed by atoms with Crippen molar-refractivity contribution in [3.8, 4) is 5.75 Å². The Labute approximate surface area is 182 Å². The molecule has 0 aliphatic carbocycles. The van der Waals surface area contributed by atoms with Crippen LogP contribution in [0.2, 0.25) is 0 Å². The van der Waals surface area contributed by atoms with E-state index in [2.05, 4.69) is 10.0 Å². The van der Waals surface area contributed by atoms with Crippen molar-refractivity contribution in [1.29, 1.82) is 0 Å². The lowest BCUT2D eigenvalue weighted by Gasteiger charge is -2.35. The molecule has 2 aromatic rings. The van der Waals surface area contributed by atoms with Crippen molar-refractivity contribution < 1.29 is 27.8 Å². The normalized spacial score (nSPS) is 21.4. The lowest BCUT2D eigenvalue weighted by atomic mass is 9.98. The first-order chi connectivity index (χ1) is 14.9. The van der Waals surface area contributed by atoms with Crippen LogP contribution in [0.15, 0.2) is 59.5 Å². The quantitative estimate of drug-likeness (QED) is 0.537. The SMILES string of the molecule is COc1cccc(S(=O)(=O)N[C@@H]2CC[C@@H](CC(=O)NCc3ccccc3)O[C@H]2CO)c1. The number of benzene rings is 2. The van der Waals surface area contributed by atoms with Crippen molar-refractivity contribution >= 4 is 15.9 Å². The third-order valence-electron chi connectivity index (χ3n) is 5.20. The number of hydrogen-bond acceptors (Lipinski definition) is 6. The first-order valence-corrected chi connectivity index (χ1v) is 11.6. The van der Waals surface area contributed by atoms with Gasteiger partial charge >= 0.3 is 0 Å². The molecule has 3 atom stereocenters. The van der Waals surface area contributed by atoms with Gasteiger partial charge in [0.15, 0.2) is 0 Å². The fraction of sp³-hybridized carbons (Fsp3) is 0.409. The van der Waals surface area contributed by atoms with Crippen LogP contribution in [0.25, 0.3) is 0 Å². The number of carbonyl (C=O) groups excluding carboxylic acids is 1. The van der Waals surface area contributed by atoms with Crippen LogP contribution in [0.4, 0.5) is 0 Å². The summed E-state index contributed by atoms with van der Waals surface area (Å²) in [5.41, 5.74) is 1.00. The summed E-state index contributed by atoms with van der Waals surface area (Å²) in [7, 11) is -2.35. The average Bonchev–Trinajstić information content (AvgIpc) is 2.79. The summed E-state index contributed by atoms with van der Waals surface area (Å²) in [6.45, 7) is 0.0756. The van der Waals surface area contributed by atoms with Gasteiger partial charge in [-0.2, -0.15) is 0 Å². The molecule has 3 rings (SSSR count). The highest BCUT2D eigenvalue weighted by molar-refractivity contribution is 7.89. The largest absolute Gasteiger partial charge is 0.497 e. The molecule has 1 aliphatic heterocycles. The Balaban J connectivity index is 1.54. The number of methoxy groups -OCH3 is 1. The molecule has 0 aromatic heterocycles. The molecule has 1 heterocycles. The highest BCUT2D eigenvalue weighted by atomic mass is 32.2. The van der Waals surface area contributed by atoms with E-state index < -0.39 is 22.2 Å². The maximum Gasteiger partial charge on any atom is 0.241 e. The molecule has 31 heavy (non-hydrogen) atoms. The number of amides is 1. The summed E-state index contributed by atoms with van der Waals surface area (Å²) < 4.78 is 39.0. The molecular formula is C22H28N2O6S. The molecule has 3 N–H and O–H groups in total. The molecule has 1 saturated heterocycles. The molecule has 1 amide bonds. The Morgan fingerprint density at radius 2 is 1.94 bits per heavy atom. The lowest BCUT2D eigenvalue weighted by molar-refractivity contribution is -0.130. The number of aliphatic hydroxyl groups is 1. The van der Waals surface area contributed by atoms with Gasteiger partial charge in [-0.1, -0.05) is 36.4 Å². The molecule has 1 fully saturated rings. The number of carbonyl (C=O) groups is 1. The number of aliphatic hydroxyl groups excluding tert-OH is 1. The Bertz CT molecular complexity index is 967. The summed E-state index contributed by atoms with van der Waals surface area (Å²) in [5, 5.41) is 12.6. The van der Waals surface area contributed by atoms with Crippen LogP contribution in [0.1, 0.15) is 24.8 Å². The minimum atomic E-state index is -3.82. The van der Waals surface area contributed by atoms with Gasteiger partial charge in [0.05, 0.1) is 43.3 Å². The van der Waals surface area contributed by atoms with Crippen molar-refractivity contribution in [1.82, 2.24) is 10.0 Å².